The molecule has 1 aromatic heterocycles. The number of fused-ring (bicyclic) bond motifs is 1. The summed E-state index contributed by atoms with van der Waals surface area (Å²) in [7, 11) is 0. The second-order valence-corrected chi connectivity index (χ2v) is 8.49. The number of carbonyl (C=O) groups excluding carboxylic acids is 1. The van der Waals surface area contributed by atoms with E-state index in [1.165, 1.54) is 4.68 Å². The molecule has 1 aliphatic heterocycles. The first-order valence-electron chi connectivity index (χ1n) is 11.1. The van der Waals surface area contributed by atoms with Gasteiger partial charge in [-0.25, -0.2) is 4.68 Å². The lowest BCUT2D eigenvalue weighted by molar-refractivity contribution is 0.102. The molecule has 2 heterocycles. The highest BCUT2D eigenvalue weighted by Crippen LogP contribution is 2.30. The number of halogens is 1. The summed E-state index contributed by atoms with van der Waals surface area (Å²) in [6.45, 7) is 2.93. The first kappa shape index (κ1) is 22.1. The van der Waals surface area contributed by atoms with E-state index >= 15 is 0 Å². The molecule has 7 nitrogen and oxygen atoms in total. The summed E-state index contributed by atoms with van der Waals surface area (Å²) in [5.41, 5.74) is 2.31. The van der Waals surface area contributed by atoms with Gasteiger partial charge in [-0.2, -0.15) is 5.10 Å². The number of hydrogen-bond acceptors (Lipinski definition) is 5. The van der Waals surface area contributed by atoms with Gasteiger partial charge >= 0.3 is 0 Å². The third kappa shape index (κ3) is 4.53. The maximum absolute atomic E-state index is 13.5. The minimum Gasteiger partial charge on any atom is -0.378 e. The Kier molecular flexibility index (Phi) is 6.29. The molecule has 1 N–H and O–H groups in total. The van der Waals surface area contributed by atoms with Gasteiger partial charge in [0.1, 0.15) is 0 Å². The number of aromatic nitrogens is 2. The summed E-state index contributed by atoms with van der Waals surface area (Å²) >= 11 is 6.26. The zero-order chi connectivity index (χ0) is 23.5. The molecule has 3 aromatic carbocycles. The average Bonchev–Trinajstić information content (AvgIpc) is 2.87. The van der Waals surface area contributed by atoms with Gasteiger partial charge in [0.15, 0.2) is 5.69 Å². The summed E-state index contributed by atoms with van der Waals surface area (Å²) in [5.74, 6) is -0.408. The number of amides is 1. The Morgan fingerprint density at radius 1 is 0.971 bits per heavy atom. The molecule has 5 rings (SSSR count). The van der Waals surface area contributed by atoms with E-state index in [1.807, 2.05) is 36.4 Å². The molecule has 0 spiro atoms. The molecule has 1 aliphatic rings. The molecular weight excluding hydrogens is 452 g/mol. The Bertz CT molecular complexity index is 1400. The fourth-order valence-electron chi connectivity index (χ4n) is 4.14. The van der Waals surface area contributed by atoms with E-state index in [2.05, 4.69) is 15.3 Å². The first-order valence-corrected chi connectivity index (χ1v) is 11.5. The van der Waals surface area contributed by atoms with Crippen molar-refractivity contribution in [3.05, 3.63) is 99.4 Å². The quantitative estimate of drug-likeness (QED) is 0.469. The number of ether oxygens (including phenoxy) is 1. The van der Waals surface area contributed by atoms with Crippen LogP contribution in [-0.2, 0) is 11.3 Å². The van der Waals surface area contributed by atoms with Crippen molar-refractivity contribution in [3.8, 4) is 0 Å². The van der Waals surface area contributed by atoms with Crippen LogP contribution >= 0.6 is 11.6 Å². The van der Waals surface area contributed by atoms with E-state index in [4.69, 9.17) is 16.3 Å². The fraction of sp³-hybridized carbons (Fsp3) is 0.192. The number of hydrogen-bond donors (Lipinski definition) is 1. The Labute approximate surface area is 201 Å². The fourth-order valence-corrected chi connectivity index (χ4v) is 4.31. The Hall–Kier alpha value is -3.68. The summed E-state index contributed by atoms with van der Waals surface area (Å²) in [4.78, 5) is 28.8. The number of benzene rings is 3. The van der Waals surface area contributed by atoms with Crippen LogP contribution in [-0.4, -0.2) is 42.0 Å². The minimum absolute atomic E-state index is 0.180. The Balaban J connectivity index is 1.54. The average molecular weight is 475 g/mol. The predicted molar refractivity (Wildman–Crippen MR) is 134 cm³/mol. The highest BCUT2D eigenvalue weighted by atomic mass is 35.5. The maximum atomic E-state index is 13.5. The monoisotopic (exact) mass is 474 g/mol. The molecule has 0 bridgehead atoms. The minimum atomic E-state index is -0.408. The van der Waals surface area contributed by atoms with Gasteiger partial charge in [0.05, 0.1) is 36.5 Å². The molecule has 0 atom stereocenters. The van der Waals surface area contributed by atoms with Crippen molar-refractivity contribution in [2.24, 2.45) is 0 Å². The van der Waals surface area contributed by atoms with E-state index in [-0.39, 0.29) is 17.8 Å². The smallest absolute Gasteiger partial charge is 0.276 e. The topological polar surface area (TPSA) is 76.5 Å². The maximum Gasteiger partial charge on any atom is 0.276 e. The standard InChI is InChI=1S/C26H23ClN4O3/c27-19-10-11-23(30-12-14-34-15-13-30)22(16-19)28-25(32)24-20-8-4-5-9-21(20)26(33)31(29-24)17-18-6-2-1-3-7-18/h1-11,16H,12-15,17H2,(H,28,32). The number of nitrogens with one attached hydrogen (secondary N) is 1. The van der Waals surface area contributed by atoms with Crippen LogP contribution < -0.4 is 15.8 Å². The largest absolute Gasteiger partial charge is 0.378 e. The number of rotatable bonds is 5. The lowest BCUT2D eigenvalue weighted by Crippen LogP contribution is -2.36. The van der Waals surface area contributed by atoms with Crippen LogP contribution in [0.3, 0.4) is 0 Å². The molecule has 0 radical (unpaired) electrons. The van der Waals surface area contributed by atoms with E-state index in [0.29, 0.717) is 47.8 Å². The van der Waals surface area contributed by atoms with Crippen LogP contribution in [0, 0.1) is 0 Å². The van der Waals surface area contributed by atoms with E-state index in [9.17, 15) is 9.59 Å². The van der Waals surface area contributed by atoms with E-state index in [0.717, 1.165) is 11.3 Å². The Morgan fingerprint density at radius 3 is 2.44 bits per heavy atom. The summed E-state index contributed by atoms with van der Waals surface area (Å²) in [6.07, 6.45) is 0. The summed E-state index contributed by atoms with van der Waals surface area (Å²) in [5, 5.41) is 8.93. The van der Waals surface area contributed by atoms with Gasteiger partial charge in [0.25, 0.3) is 11.5 Å². The SMILES string of the molecule is O=C(Nc1cc(Cl)ccc1N1CCOCC1)c1nn(Cc2ccccc2)c(=O)c2ccccc12. The molecule has 0 aliphatic carbocycles. The van der Waals surface area contributed by atoms with Crippen LogP contribution in [0.5, 0.6) is 0 Å². The van der Waals surface area contributed by atoms with Crippen LogP contribution in [0.4, 0.5) is 11.4 Å². The molecular formula is C26H23ClN4O3. The van der Waals surface area contributed by atoms with Gasteiger partial charge in [-0.15, -0.1) is 0 Å². The zero-order valence-electron chi connectivity index (χ0n) is 18.4. The number of morpholine rings is 1. The molecule has 172 valence electrons. The normalized spacial score (nSPS) is 13.7. The van der Waals surface area contributed by atoms with Crippen molar-refractivity contribution in [2.45, 2.75) is 6.54 Å². The van der Waals surface area contributed by atoms with Crippen molar-refractivity contribution in [2.75, 3.05) is 36.5 Å². The zero-order valence-corrected chi connectivity index (χ0v) is 19.2. The second-order valence-electron chi connectivity index (χ2n) is 8.06. The van der Waals surface area contributed by atoms with Crippen molar-refractivity contribution in [3.63, 3.8) is 0 Å². The third-order valence-electron chi connectivity index (χ3n) is 5.82. The highest BCUT2D eigenvalue weighted by molar-refractivity contribution is 6.31. The summed E-state index contributed by atoms with van der Waals surface area (Å²) in [6, 6.07) is 22.0. The van der Waals surface area contributed by atoms with Crippen LogP contribution in [0.15, 0.2) is 77.6 Å². The predicted octanol–water partition coefficient (Wildman–Crippen LogP) is 4.19. The van der Waals surface area contributed by atoms with Crippen LogP contribution in [0.2, 0.25) is 5.02 Å². The molecule has 4 aromatic rings. The molecule has 8 heteroatoms. The lowest BCUT2D eigenvalue weighted by atomic mass is 10.1. The third-order valence-corrected chi connectivity index (χ3v) is 6.05. The molecule has 34 heavy (non-hydrogen) atoms. The molecule has 0 saturated carbocycles. The molecule has 0 unspecified atom stereocenters. The summed E-state index contributed by atoms with van der Waals surface area (Å²) < 4.78 is 6.80. The molecule has 1 saturated heterocycles. The van der Waals surface area contributed by atoms with Crippen molar-refractivity contribution < 1.29 is 9.53 Å². The number of carbonyl (C=O) groups is 1. The van der Waals surface area contributed by atoms with Gasteiger partial charge < -0.3 is 15.0 Å². The van der Waals surface area contributed by atoms with Gasteiger partial charge in [0, 0.05) is 23.5 Å². The lowest BCUT2D eigenvalue weighted by Gasteiger charge is -2.30. The van der Waals surface area contributed by atoms with Crippen LogP contribution in [0.1, 0.15) is 16.1 Å². The van der Waals surface area contributed by atoms with Gasteiger partial charge in [0.2, 0.25) is 0 Å². The van der Waals surface area contributed by atoms with Crippen molar-refractivity contribution in [1.82, 2.24) is 9.78 Å². The highest BCUT2D eigenvalue weighted by Gasteiger charge is 2.21. The van der Waals surface area contributed by atoms with E-state index < -0.39 is 5.91 Å². The molecule has 1 fully saturated rings. The van der Waals surface area contributed by atoms with Gasteiger partial charge in [-0.05, 0) is 29.8 Å². The van der Waals surface area contributed by atoms with Crippen molar-refractivity contribution >= 4 is 39.7 Å². The Morgan fingerprint density at radius 2 is 1.68 bits per heavy atom. The number of anilines is 2. The van der Waals surface area contributed by atoms with Gasteiger partial charge in [-0.1, -0.05) is 60.1 Å². The van der Waals surface area contributed by atoms with Crippen molar-refractivity contribution in [1.29, 1.82) is 0 Å². The van der Waals surface area contributed by atoms with Crippen LogP contribution in [0.25, 0.3) is 10.8 Å². The molecule has 1 amide bonds. The van der Waals surface area contributed by atoms with Gasteiger partial charge in [-0.3, -0.25) is 9.59 Å². The van der Waals surface area contributed by atoms with E-state index in [1.54, 1.807) is 36.4 Å². The second kappa shape index (κ2) is 9.67. The number of nitrogens with zero attached hydrogens (tertiary/aromatic N) is 3. The first-order chi connectivity index (χ1) is 16.6.